The number of nitrogens with one attached hydrogen (secondary N) is 1. The second kappa shape index (κ2) is 7.97. The van der Waals surface area contributed by atoms with E-state index < -0.39 is 6.10 Å². The van der Waals surface area contributed by atoms with Crippen LogP contribution in [-0.4, -0.2) is 28.9 Å². The smallest absolute Gasteiger partial charge is 0.0898 e. The number of ether oxygens (including phenoxy) is 1. The molecule has 1 aliphatic carbocycles. The zero-order valence-corrected chi connectivity index (χ0v) is 14.7. The van der Waals surface area contributed by atoms with Crippen LogP contribution in [0.15, 0.2) is 36.4 Å². The van der Waals surface area contributed by atoms with Gasteiger partial charge in [0.25, 0.3) is 0 Å². The molecule has 1 aliphatic rings. The van der Waals surface area contributed by atoms with E-state index in [0.29, 0.717) is 13.2 Å². The molecule has 0 bridgehead atoms. The van der Waals surface area contributed by atoms with Crippen molar-refractivity contribution in [2.45, 2.75) is 44.9 Å². The fraction of sp³-hybridized carbons (Fsp3) is 0.500. The molecule has 4 nitrogen and oxygen atoms in total. The summed E-state index contributed by atoms with van der Waals surface area (Å²) < 4.78 is 8.17. The quantitative estimate of drug-likeness (QED) is 0.821. The lowest BCUT2D eigenvalue weighted by molar-refractivity contribution is -0.0168. The van der Waals surface area contributed by atoms with Crippen molar-refractivity contribution in [2.24, 2.45) is 7.05 Å². The first-order valence-electron chi connectivity index (χ1n) is 8.84. The lowest BCUT2D eigenvalue weighted by Gasteiger charge is -2.26. The summed E-state index contributed by atoms with van der Waals surface area (Å²) in [5.41, 5.74) is 5.15. The fourth-order valence-corrected chi connectivity index (χ4v) is 3.38. The molecule has 0 aliphatic heterocycles. The van der Waals surface area contributed by atoms with E-state index in [4.69, 9.17) is 4.74 Å². The summed E-state index contributed by atoms with van der Waals surface area (Å²) in [7, 11) is 2.06. The molecule has 0 saturated carbocycles. The van der Waals surface area contributed by atoms with Gasteiger partial charge in [-0.15, -0.1) is 0 Å². The van der Waals surface area contributed by atoms with Crippen LogP contribution in [0.5, 0.6) is 0 Å². The molecule has 130 valence electrons. The van der Waals surface area contributed by atoms with Gasteiger partial charge < -0.3 is 19.7 Å². The summed E-state index contributed by atoms with van der Waals surface area (Å²) >= 11 is 0. The Morgan fingerprint density at radius 1 is 1.29 bits per heavy atom. The topological polar surface area (TPSA) is 46.4 Å². The van der Waals surface area contributed by atoms with Gasteiger partial charge in [0.05, 0.1) is 18.8 Å². The summed E-state index contributed by atoms with van der Waals surface area (Å²) in [5.74, 6) is 0. The summed E-state index contributed by atoms with van der Waals surface area (Å²) in [5, 5.41) is 13.5. The molecule has 3 rings (SSSR count). The maximum absolute atomic E-state index is 10.2. The number of aromatic nitrogens is 1. The van der Waals surface area contributed by atoms with Crippen LogP contribution in [-0.2, 0) is 24.8 Å². The monoisotopic (exact) mass is 328 g/mol. The molecule has 0 fully saturated rings. The van der Waals surface area contributed by atoms with Crippen LogP contribution in [0.4, 0.5) is 0 Å². The largest absolute Gasteiger partial charge is 0.389 e. The molecule has 0 unspecified atom stereocenters. The van der Waals surface area contributed by atoms with Gasteiger partial charge in [0, 0.05) is 31.5 Å². The van der Waals surface area contributed by atoms with Crippen molar-refractivity contribution in [3.05, 3.63) is 58.9 Å². The summed E-state index contributed by atoms with van der Waals surface area (Å²) in [6.07, 6.45) is 2.97. The van der Waals surface area contributed by atoms with E-state index >= 15 is 0 Å². The molecular weight excluding hydrogens is 300 g/mol. The lowest BCUT2D eigenvalue weighted by atomic mass is 9.89. The van der Waals surface area contributed by atoms with Crippen LogP contribution >= 0.6 is 0 Å². The van der Waals surface area contributed by atoms with Crippen molar-refractivity contribution >= 4 is 0 Å². The van der Waals surface area contributed by atoms with Gasteiger partial charge in [-0.25, -0.2) is 0 Å². The van der Waals surface area contributed by atoms with Crippen LogP contribution in [0.2, 0.25) is 0 Å². The number of fused-ring (bicyclic) bond motifs is 1. The van der Waals surface area contributed by atoms with Crippen molar-refractivity contribution < 1.29 is 9.84 Å². The van der Waals surface area contributed by atoms with Gasteiger partial charge in [0.2, 0.25) is 0 Å². The number of nitrogens with zero attached hydrogens (tertiary/aromatic N) is 1. The number of hydrogen-bond acceptors (Lipinski definition) is 3. The fourth-order valence-electron chi connectivity index (χ4n) is 3.38. The molecule has 2 atom stereocenters. The van der Waals surface area contributed by atoms with E-state index in [1.807, 2.05) is 0 Å². The molecule has 1 heterocycles. The average molecular weight is 328 g/mol. The normalized spacial score (nSPS) is 18.4. The highest BCUT2D eigenvalue weighted by Gasteiger charge is 2.21. The summed E-state index contributed by atoms with van der Waals surface area (Å²) in [4.78, 5) is 0. The molecule has 4 heteroatoms. The van der Waals surface area contributed by atoms with E-state index in [-0.39, 0.29) is 6.10 Å². The van der Waals surface area contributed by atoms with Gasteiger partial charge in [-0.3, -0.25) is 0 Å². The summed E-state index contributed by atoms with van der Waals surface area (Å²) in [6, 6.07) is 12.7. The van der Waals surface area contributed by atoms with Gasteiger partial charge in [-0.2, -0.15) is 0 Å². The second-order valence-corrected chi connectivity index (χ2v) is 6.72. The molecule has 1 aromatic carbocycles. The first kappa shape index (κ1) is 17.2. The first-order chi connectivity index (χ1) is 11.6. The predicted octanol–water partition coefficient (Wildman–Crippen LogP) is 2.88. The predicted molar refractivity (Wildman–Crippen MR) is 95.9 cm³/mol. The number of aliphatic hydroxyl groups excluding tert-OH is 1. The molecule has 24 heavy (non-hydrogen) atoms. The van der Waals surface area contributed by atoms with Crippen molar-refractivity contribution in [3.63, 3.8) is 0 Å². The lowest BCUT2D eigenvalue weighted by Crippen LogP contribution is -2.31. The highest BCUT2D eigenvalue weighted by atomic mass is 16.5. The van der Waals surface area contributed by atoms with E-state index in [9.17, 15) is 5.11 Å². The second-order valence-electron chi connectivity index (χ2n) is 6.72. The van der Waals surface area contributed by atoms with Crippen LogP contribution in [0.1, 0.15) is 41.5 Å². The number of hydrogen-bond donors (Lipinski definition) is 2. The summed E-state index contributed by atoms with van der Waals surface area (Å²) in [6.45, 7) is 3.76. The molecule has 2 aromatic rings. The van der Waals surface area contributed by atoms with Crippen LogP contribution in [0.25, 0.3) is 0 Å². The molecule has 0 radical (unpaired) electrons. The van der Waals surface area contributed by atoms with Crippen LogP contribution in [0.3, 0.4) is 0 Å². The third-order valence-electron chi connectivity index (χ3n) is 4.97. The molecule has 1 aromatic heterocycles. The Hall–Kier alpha value is -1.62. The number of benzene rings is 1. The minimum atomic E-state index is -0.486. The number of rotatable bonds is 7. The maximum Gasteiger partial charge on any atom is 0.0898 e. The van der Waals surface area contributed by atoms with E-state index in [0.717, 1.165) is 25.8 Å². The maximum atomic E-state index is 10.2. The van der Waals surface area contributed by atoms with Crippen molar-refractivity contribution in [3.8, 4) is 0 Å². The zero-order valence-electron chi connectivity index (χ0n) is 14.7. The standard InChI is InChI=1S/C20H28N2O2/c1-15-10-11-17(22(15)2)12-21-13-18(23)14-24-20-9-5-7-16-6-3-4-8-19(16)20/h3-4,6,8,10-11,18,20-21,23H,5,7,9,12-14H2,1-2H3/t18-,20-/m0/s1. The number of aliphatic hydroxyl groups is 1. The Bertz CT molecular complexity index is 665. The molecule has 0 amide bonds. The third kappa shape index (κ3) is 4.07. The van der Waals surface area contributed by atoms with Gasteiger partial charge >= 0.3 is 0 Å². The van der Waals surface area contributed by atoms with Crippen molar-refractivity contribution in [1.29, 1.82) is 0 Å². The molecule has 0 spiro atoms. The molecule has 0 saturated heterocycles. The Kier molecular flexibility index (Phi) is 5.72. The van der Waals surface area contributed by atoms with Gasteiger partial charge in [0.15, 0.2) is 0 Å². The van der Waals surface area contributed by atoms with E-state index in [1.165, 1.54) is 22.5 Å². The zero-order chi connectivity index (χ0) is 16.9. The Labute approximate surface area is 144 Å². The Balaban J connectivity index is 1.43. The minimum absolute atomic E-state index is 0.125. The van der Waals surface area contributed by atoms with E-state index in [2.05, 4.69) is 60.3 Å². The van der Waals surface area contributed by atoms with Gasteiger partial charge in [0.1, 0.15) is 0 Å². The highest BCUT2D eigenvalue weighted by molar-refractivity contribution is 5.31. The Morgan fingerprint density at radius 2 is 2.12 bits per heavy atom. The third-order valence-corrected chi connectivity index (χ3v) is 4.97. The first-order valence-corrected chi connectivity index (χ1v) is 8.84. The number of aryl methyl sites for hydroxylation is 2. The van der Waals surface area contributed by atoms with E-state index in [1.54, 1.807) is 0 Å². The SMILES string of the molecule is Cc1ccc(CNC[C@H](O)CO[C@H]2CCCc3ccccc32)n1C. The Morgan fingerprint density at radius 3 is 2.92 bits per heavy atom. The van der Waals surface area contributed by atoms with Gasteiger partial charge in [-0.1, -0.05) is 24.3 Å². The minimum Gasteiger partial charge on any atom is -0.389 e. The average Bonchev–Trinajstić information content (AvgIpc) is 2.92. The molecular formula is C20H28N2O2. The molecule has 2 N–H and O–H groups in total. The van der Waals surface area contributed by atoms with Gasteiger partial charge in [-0.05, 0) is 49.4 Å². The van der Waals surface area contributed by atoms with Crippen LogP contribution < -0.4 is 5.32 Å². The van der Waals surface area contributed by atoms with Crippen molar-refractivity contribution in [2.75, 3.05) is 13.2 Å². The highest BCUT2D eigenvalue weighted by Crippen LogP contribution is 2.32. The van der Waals surface area contributed by atoms with Crippen LogP contribution in [0, 0.1) is 6.92 Å². The van der Waals surface area contributed by atoms with Crippen molar-refractivity contribution in [1.82, 2.24) is 9.88 Å².